The van der Waals surface area contributed by atoms with Crippen LogP contribution in [0.25, 0.3) is 0 Å². The summed E-state index contributed by atoms with van der Waals surface area (Å²) in [6.07, 6.45) is 0.626. The van der Waals surface area contributed by atoms with Crippen LogP contribution >= 0.6 is 12.6 Å². The van der Waals surface area contributed by atoms with Crippen molar-refractivity contribution in [1.82, 2.24) is 0 Å². The predicted octanol–water partition coefficient (Wildman–Crippen LogP) is 1.50. The fourth-order valence-corrected chi connectivity index (χ4v) is 1.07. The Morgan fingerprint density at radius 2 is 2.25 bits per heavy atom. The lowest BCUT2D eigenvalue weighted by atomic mass is 10.2. The van der Waals surface area contributed by atoms with Crippen molar-refractivity contribution >= 4 is 18.9 Å². The Kier molecular flexibility index (Phi) is 2.60. The number of thiol groups is 1. The van der Waals surface area contributed by atoms with Gasteiger partial charge in [0.15, 0.2) is 17.8 Å². The molecule has 1 rings (SSSR count). The molecule has 0 fully saturated rings. The first-order valence-electron chi connectivity index (χ1n) is 3.24. The van der Waals surface area contributed by atoms with Gasteiger partial charge in [-0.3, -0.25) is 4.79 Å². The molecule has 0 amide bonds. The standard InChI is InChI=1S/C8H8O3S/c1-11-7-3-8(12)5(4-9)2-6(7)10/h2-4,10,12H,1H3. The second-order valence-corrected chi connectivity index (χ2v) is 2.68. The summed E-state index contributed by atoms with van der Waals surface area (Å²) in [4.78, 5) is 10.9. The molecule has 1 aromatic rings. The van der Waals surface area contributed by atoms with Crippen molar-refractivity contribution in [3.05, 3.63) is 17.7 Å². The summed E-state index contributed by atoms with van der Waals surface area (Å²) in [5.74, 6) is 0.253. The zero-order valence-electron chi connectivity index (χ0n) is 6.44. The van der Waals surface area contributed by atoms with Crippen molar-refractivity contribution in [2.75, 3.05) is 7.11 Å². The van der Waals surface area contributed by atoms with Crippen LogP contribution in [0.5, 0.6) is 11.5 Å². The van der Waals surface area contributed by atoms with E-state index in [1.54, 1.807) is 0 Å². The molecule has 0 radical (unpaired) electrons. The maximum atomic E-state index is 10.4. The van der Waals surface area contributed by atoms with Gasteiger partial charge in [0.25, 0.3) is 0 Å². The third-order valence-electron chi connectivity index (χ3n) is 1.46. The van der Waals surface area contributed by atoms with E-state index in [0.29, 0.717) is 22.5 Å². The molecule has 0 atom stereocenters. The molecule has 3 nitrogen and oxygen atoms in total. The number of ether oxygens (including phenoxy) is 1. The molecule has 0 bridgehead atoms. The number of phenolic OH excluding ortho intramolecular Hbond substituents is 1. The van der Waals surface area contributed by atoms with Gasteiger partial charge in [-0.05, 0) is 12.1 Å². The monoisotopic (exact) mass is 184 g/mol. The van der Waals surface area contributed by atoms with Gasteiger partial charge in [0.05, 0.1) is 7.11 Å². The van der Waals surface area contributed by atoms with Crippen molar-refractivity contribution in [2.45, 2.75) is 4.90 Å². The lowest BCUT2D eigenvalue weighted by molar-refractivity contribution is 0.112. The van der Waals surface area contributed by atoms with Crippen LogP contribution in [0.15, 0.2) is 17.0 Å². The van der Waals surface area contributed by atoms with Crippen LogP contribution in [0, 0.1) is 0 Å². The zero-order valence-corrected chi connectivity index (χ0v) is 7.34. The lowest BCUT2D eigenvalue weighted by Crippen LogP contribution is -1.88. The van der Waals surface area contributed by atoms with Crippen LogP contribution < -0.4 is 4.74 Å². The Balaban J connectivity index is 3.25. The molecule has 0 saturated heterocycles. The summed E-state index contributed by atoms with van der Waals surface area (Å²) >= 11 is 4.03. The van der Waals surface area contributed by atoms with E-state index < -0.39 is 0 Å². The fourth-order valence-electron chi connectivity index (χ4n) is 0.832. The van der Waals surface area contributed by atoms with E-state index >= 15 is 0 Å². The molecule has 12 heavy (non-hydrogen) atoms. The minimum atomic E-state index is -0.0580. The van der Waals surface area contributed by atoms with Gasteiger partial charge in [-0.25, -0.2) is 0 Å². The Hall–Kier alpha value is -1.16. The van der Waals surface area contributed by atoms with Gasteiger partial charge in [-0.15, -0.1) is 12.6 Å². The maximum Gasteiger partial charge on any atom is 0.161 e. The van der Waals surface area contributed by atoms with Gasteiger partial charge in [0.2, 0.25) is 0 Å². The molecule has 64 valence electrons. The molecule has 0 aromatic heterocycles. The number of aldehydes is 1. The average molecular weight is 184 g/mol. The van der Waals surface area contributed by atoms with Gasteiger partial charge >= 0.3 is 0 Å². The number of phenols is 1. The number of carbonyl (C=O) groups is 1. The van der Waals surface area contributed by atoms with Crippen LogP contribution in [0.3, 0.4) is 0 Å². The predicted molar refractivity (Wildman–Crippen MR) is 47.3 cm³/mol. The Morgan fingerprint density at radius 3 is 2.75 bits per heavy atom. The van der Waals surface area contributed by atoms with Crippen molar-refractivity contribution in [2.24, 2.45) is 0 Å². The molecule has 0 aliphatic heterocycles. The van der Waals surface area contributed by atoms with Gasteiger partial charge in [-0.2, -0.15) is 0 Å². The number of methoxy groups -OCH3 is 1. The summed E-state index contributed by atoms with van der Waals surface area (Å²) in [6, 6.07) is 2.80. The van der Waals surface area contributed by atoms with Gasteiger partial charge in [0.1, 0.15) is 0 Å². The van der Waals surface area contributed by atoms with Crippen molar-refractivity contribution in [3.63, 3.8) is 0 Å². The molecule has 0 unspecified atom stereocenters. The van der Waals surface area contributed by atoms with E-state index in [2.05, 4.69) is 12.6 Å². The van der Waals surface area contributed by atoms with Crippen molar-refractivity contribution < 1.29 is 14.6 Å². The second kappa shape index (κ2) is 3.49. The fraction of sp³-hybridized carbons (Fsp3) is 0.125. The van der Waals surface area contributed by atoms with Crippen LogP contribution in [0.4, 0.5) is 0 Å². The van der Waals surface area contributed by atoms with Crippen LogP contribution in [0.1, 0.15) is 10.4 Å². The Labute approximate surface area is 75.4 Å². The van der Waals surface area contributed by atoms with E-state index in [1.165, 1.54) is 19.2 Å². The first-order chi connectivity index (χ1) is 5.69. The smallest absolute Gasteiger partial charge is 0.161 e. The van der Waals surface area contributed by atoms with E-state index in [-0.39, 0.29) is 5.75 Å². The number of rotatable bonds is 2. The highest BCUT2D eigenvalue weighted by atomic mass is 32.1. The van der Waals surface area contributed by atoms with Gasteiger partial charge < -0.3 is 9.84 Å². The third kappa shape index (κ3) is 1.53. The topological polar surface area (TPSA) is 46.5 Å². The van der Waals surface area contributed by atoms with Crippen molar-refractivity contribution in [3.8, 4) is 11.5 Å². The number of aromatic hydroxyl groups is 1. The van der Waals surface area contributed by atoms with E-state index in [0.717, 1.165) is 0 Å². The molecule has 1 aromatic carbocycles. The highest BCUT2D eigenvalue weighted by molar-refractivity contribution is 7.80. The summed E-state index contributed by atoms with van der Waals surface area (Å²) in [7, 11) is 1.43. The summed E-state index contributed by atoms with van der Waals surface area (Å²) in [6.45, 7) is 0. The van der Waals surface area contributed by atoms with Crippen LogP contribution in [-0.2, 0) is 0 Å². The quantitative estimate of drug-likeness (QED) is 0.541. The minimum absolute atomic E-state index is 0.0580. The third-order valence-corrected chi connectivity index (χ3v) is 1.84. The first kappa shape index (κ1) is 8.93. The molecule has 0 aliphatic carbocycles. The zero-order chi connectivity index (χ0) is 9.14. The van der Waals surface area contributed by atoms with Gasteiger partial charge in [0, 0.05) is 10.5 Å². The highest BCUT2D eigenvalue weighted by Crippen LogP contribution is 2.30. The van der Waals surface area contributed by atoms with Crippen molar-refractivity contribution in [1.29, 1.82) is 0 Å². The van der Waals surface area contributed by atoms with E-state index in [9.17, 15) is 9.90 Å². The van der Waals surface area contributed by atoms with Gasteiger partial charge in [-0.1, -0.05) is 0 Å². The van der Waals surface area contributed by atoms with E-state index in [4.69, 9.17) is 4.74 Å². The summed E-state index contributed by atoms with van der Waals surface area (Å²) in [5, 5.41) is 9.23. The number of hydrogen-bond donors (Lipinski definition) is 2. The van der Waals surface area contributed by atoms with E-state index in [1.807, 2.05) is 0 Å². The Morgan fingerprint density at radius 1 is 1.58 bits per heavy atom. The van der Waals surface area contributed by atoms with Crippen LogP contribution in [0.2, 0.25) is 0 Å². The first-order valence-corrected chi connectivity index (χ1v) is 3.69. The lowest BCUT2D eigenvalue weighted by Gasteiger charge is -2.04. The minimum Gasteiger partial charge on any atom is -0.504 e. The molecule has 1 N–H and O–H groups in total. The maximum absolute atomic E-state index is 10.4. The summed E-state index contributed by atoms with van der Waals surface area (Å²) in [5.41, 5.74) is 0.344. The molecular weight excluding hydrogens is 176 g/mol. The van der Waals surface area contributed by atoms with Crippen LogP contribution in [-0.4, -0.2) is 18.5 Å². The second-order valence-electron chi connectivity index (χ2n) is 2.20. The molecule has 0 aliphatic rings. The summed E-state index contributed by atoms with van der Waals surface area (Å²) < 4.78 is 4.81. The molecule has 0 heterocycles. The number of benzene rings is 1. The number of carbonyl (C=O) groups excluding carboxylic acids is 1. The molecule has 0 spiro atoms. The average Bonchev–Trinajstić information content (AvgIpc) is 2.08. The molecule has 0 saturated carbocycles. The molecular formula is C8H8O3S. The normalized spacial score (nSPS) is 9.50. The molecule has 4 heteroatoms. The Bertz CT molecular complexity index is 309. The number of hydrogen-bond acceptors (Lipinski definition) is 4. The highest BCUT2D eigenvalue weighted by Gasteiger charge is 2.05. The SMILES string of the molecule is COc1cc(S)c(C=O)cc1O. The largest absolute Gasteiger partial charge is 0.504 e.